The molecule has 2 saturated carbocycles. The van der Waals surface area contributed by atoms with Gasteiger partial charge in [0.15, 0.2) is 0 Å². The highest BCUT2D eigenvalue weighted by Crippen LogP contribution is 2.28. The van der Waals surface area contributed by atoms with Crippen LogP contribution in [0.25, 0.3) is 0 Å². The number of piperazine rings is 1. The average molecular weight is 335 g/mol. The molecule has 0 aromatic heterocycles. The highest BCUT2D eigenvalue weighted by Gasteiger charge is 2.31. The number of rotatable bonds is 3. The SMILES string of the molecule is NC1CCC(C(=O)N2CCN(C(=O)CC3CCCCC3)CC2)CC1. The first kappa shape index (κ1) is 17.7. The zero-order valence-electron chi connectivity index (χ0n) is 14.9. The highest BCUT2D eigenvalue weighted by molar-refractivity contribution is 5.80. The van der Waals surface area contributed by atoms with E-state index in [0.717, 1.165) is 25.7 Å². The Morgan fingerprint density at radius 2 is 1.38 bits per heavy atom. The number of carbonyl (C=O) groups is 2. The molecule has 0 spiro atoms. The van der Waals surface area contributed by atoms with Crippen molar-refractivity contribution in [3.63, 3.8) is 0 Å². The third-order valence-electron chi connectivity index (χ3n) is 6.25. The van der Waals surface area contributed by atoms with Crippen LogP contribution in [-0.2, 0) is 9.59 Å². The molecule has 0 radical (unpaired) electrons. The monoisotopic (exact) mass is 335 g/mol. The summed E-state index contributed by atoms with van der Waals surface area (Å²) in [6.45, 7) is 2.84. The Balaban J connectivity index is 1.41. The molecular formula is C19H33N3O2. The number of nitrogens with two attached hydrogens (primary N) is 1. The van der Waals surface area contributed by atoms with Gasteiger partial charge in [-0.3, -0.25) is 9.59 Å². The summed E-state index contributed by atoms with van der Waals surface area (Å²) in [6, 6.07) is 0.281. The van der Waals surface area contributed by atoms with E-state index in [1.165, 1.54) is 32.1 Å². The Morgan fingerprint density at radius 3 is 2.00 bits per heavy atom. The van der Waals surface area contributed by atoms with Crippen molar-refractivity contribution in [1.29, 1.82) is 0 Å². The van der Waals surface area contributed by atoms with Gasteiger partial charge in [-0.15, -0.1) is 0 Å². The van der Waals surface area contributed by atoms with Crippen molar-refractivity contribution in [3.05, 3.63) is 0 Å². The number of hydrogen-bond donors (Lipinski definition) is 1. The van der Waals surface area contributed by atoms with Crippen molar-refractivity contribution in [3.8, 4) is 0 Å². The van der Waals surface area contributed by atoms with E-state index >= 15 is 0 Å². The third kappa shape index (κ3) is 4.50. The molecule has 2 amide bonds. The molecule has 1 aliphatic heterocycles. The summed E-state index contributed by atoms with van der Waals surface area (Å²) in [4.78, 5) is 29.1. The van der Waals surface area contributed by atoms with Crippen LogP contribution >= 0.6 is 0 Å². The second kappa shape index (κ2) is 8.32. The minimum atomic E-state index is 0.161. The fourth-order valence-electron chi connectivity index (χ4n) is 4.57. The lowest BCUT2D eigenvalue weighted by Gasteiger charge is -2.38. The van der Waals surface area contributed by atoms with E-state index in [1.807, 2.05) is 9.80 Å². The molecule has 136 valence electrons. The molecule has 1 heterocycles. The molecule has 0 bridgehead atoms. The molecule has 3 rings (SSSR count). The maximum absolute atomic E-state index is 12.6. The van der Waals surface area contributed by atoms with Gasteiger partial charge < -0.3 is 15.5 Å². The van der Waals surface area contributed by atoms with E-state index in [2.05, 4.69) is 0 Å². The van der Waals surface area contributed by atoms with E-state index in [4.69, 9.17) is 5.73 Å². The van der Waals surface area contributed by atoms with Gasteiger partial charge in [0.25, 0.3) is 0 Å². The molecule has 5 heteroatoms. The zero-order chi connectivity index (χ0) is 16.9. The Bertz CT molecular complexity index is 432. The van der Waals surface area contributed by atoms with Crippen molar-refractivity contribution in [2.75, 3.05) is 26.2 Å². The van der Waals surface area contributed by atoms with E-state index in [1.54, 1.807) is 0 Å². The van der Waals surface area contributed by atoms with Crippen molar-refractivity contribution in [2.24, 2.45) is 17.6 Å². The normalized spacial score (nSPS) is 29.5. The van der Waals surface area contributed by atoms with Gasteiger partial charge in [-0.25, -0.2) is 0 Å². The summed E-state index contributed by atoms with van der Waals surface area (Å²) in [6.07, 6.45) is 10.8. The zero-order valence-corrected chi connectivity index (χ0v) is 14.9. The van der Waals surface area contributed by atoms with Crippen LogP contribution in [0.3, 0.4) is 0 Å². The van der Waals surface area contributed by atoms with Crippen molar-refractivity contribution in [1.82, 2.24) is 9.80 Å². The largest absolute Gasteiger partial charge is 0.339 e. The second-order valence-corrected chi connectivity index (χ2v) is 8.03. The molecule has 0 aromatic rings. The summed E-state index contributed by atoms with van der Waals surface area (Å²) < 4.78 is 0. The lowest BCUT2D eigenvalue weighted by molar-refractivity contribution is -0.143. The second-order valence-electron chi connectivity index (χ2n) is 8.03. The first-order valence-corrected chi connectivity index (χ1v) is 9.95. The van der Waals surface area contributed by atoms with Gasteiger partial charge in [0.1, 0.15) is 0 Å². The van der Waals surface area contributed by atoms with Crippen LogP contribution in [0.5, 0.6) is 0 Å². The molecule has 3 aliphatic rings. The first-order valence-electron chi connectivity index (χ1n) is 9.95. The molecule has 2 aliphatic carbocycles. The predicted octanol–water partition coefficient (Wildman–Crippen LogP) is 2.15. The molecule has 5 nitrogen and oxygen atoms in total. The van der Waals surface area contributed by atoms with Gasteiger partial charge in [-0.05, 0) is 44.4 Å². The van der Waals surface area contributed by atoms with Crippen molar-refractivity contribution >= 4 is 11.8 Å². The molecule has 0 unspecified atom stereocenters. The van der Waals surface area contributed by atoms with Crippen molar-refractivity contribution < 1.29 is 9.59 Å². The lowest BCUT2D eigenvalue weighted by atomic mass is 9.85. The Labute approximate surface area is 145 Å². The summed E-state index contributed by atoms with van der Waals surface area (Å²) >= 11 is 0. The van der Waals surface area contributed by atoms with Gasteiger partial charge in [0.05, 0.1) is 0 Å². The molecule has 0 aromatic carbocycles. The summed E-state index contributed by atoms with van der Waals surface area (Å²) in [5, 5.41) is 0. The molecule has 1 saturated heterocycles. The summed E-state index contributed by atoms with van der Waals surface area (Å²) in [5.74, 6) is 1.35. The molecule has 2 N–H and O–H groups in total. The van der Waals surface area contributed by atoms with E-state index < -0.39 is 0 Å². The van der Waals surface area contributed by atoms with Gasteiger partial charge in [-0.1, -0.05) is 19.3 Å². The molecule has 24 heavy (non-hydrogen) atoms. The van der Waals surface area contributed by atoms with Crippen molar-refractivity contribution in [2.45, 2.75) is 70.3 Å². The maximum Gasteiger partial charge on any atom is 0.225 e. The number of carbonyl (C=O) groups excluding carboxylic acids is 2. The van der Waals surface area contributed by atoms with Gasteiger partial charge in [0, 0.05) is 44.6 Å². The van der Waals surface area contributed by atoms with Crippen LogP contribution in [0.2, 0.25) is 0 Å². The van der Waals surface area contributed by atoms with Gasteiger partial charge in [-0.2, -0.15) is 0 Å². The number of nitrogens with zero attached hydrogens (tertiary/aromatic N) is 2. The molecular weight excluding hydrogens is 302 g/mol. The lowest BCUT2D eigenvalue weighted by Crippen LogP contribution is -2.52. The van der Waals surface area contributed by atoms with Crippen LogP contribution < -0.4 is 5.73 Å². The van der Waals surface area contributed by atoms with E-state index in [-0.39, 0.29) is 12.0 Å². The fourth-order valence-corrected chi connectivity index (χ4v) is 4.57. The highest BCUT2D eigenvalue weighted by atomic mass is 16.2. The van der Waals surface area contributed by atoms with Crippen LogP contribution in [0.15, 0.2) is 0 Å². The molecule has 0 atom stereocenters. The summed E-state index contributed by atoms with van der Waals surface area (Å²) in [7, 11) is 0. The van der Waals surface area contributed by atoms with Crippen LogP contribution in [0.1, 0.15) is 64.2 Å². The average Bonchev–Trinajstić information content (AvgIpc) is 2.63. The minimum Gasteiger partial charge on any atom is -0.339 e. The Morgan fingerprint density at radius 1 is 0.792 bits per heavy atom. The number of amides is 2. The fraction of sp³-hybridized carbons (Fsp3) is 0.895. The quantitative estimate of drug-likeness (QED) is 0.859. The minimum absolute atomic E-state index is 0.161. The Kier molecular flexibility index (Phi) is 6.14. The van der Waals surface area contributed by atoms with Gasteiger partial charge >= 0.3 is 0 Å². The molecule has 3 fully saturated rings. The summed E-state index contributed by atoms with van der Waals surface area (Å²) in [5.41, 5.74) is 5.93. The van der Waals surface area contributed by atoms with Crippen LogP contribution in [0.4, 0.5) is 0 Å². The first-order chi connectivity index (χ1) is 11.6. The topological polar surface area (TPSA) is 66.6 Å². The van der Waals surface area contributed by atoms with E-state index in [0.29, 0.717) is 50.3 Å². The smallest absolute Gasteiger partial charge is 0.225 e. The third-order valence-corrected chi connectivity index (χ3v) is 6.25. The van der Waals surface area contributed by atoms with E-state index in [9.17, 15) is 9.59 Å². The maximum atomic E-state index is 12.6. The Hall–Kier alpha value is -1.10. The van der Waals surface area contributed by atoms with Gasteiger partial charge in [0.2, 0.25) is 11.8 Å². The standard InChI is InChI=1S/C19H33N3O2/c20-17-8-6-16(7-9-17)19(24)22-12-10-21(11-13-22)18(23)14-15-4-2-1-3-5-15/h15-17H,1-14,20H2. The van der Waals surface area contributed by atoms with Crippen LogP contribution in [-0.4, -0.2) is 53.8 Å². The van der Waals surface area contributed by atoms with Crippen LogP contribution in [0, 0.1) is 11.8 Å². The predicted molar refractivity (Wildman–Crippen MR) is 94.3 cm³/mol. The number of hydrogen-bond acceptors (Lipinski definition) is 3.